The summed E-state index contributed by atoms with van der Waals surface area (Å²) in [6.45, 7) is 0. The molecule has 0 amide bonds. The van der Waals surface area contributed by atoms with Gasteiger partial charge in [0, 0.05) is 18.2 Å². The summed E-state index contributed by atoms with van der Waals surface area (Å²) in [4.78, 5) is 4.06. The number of anilines is 1. The van der Waals surface area contributed by atoms with Crippen molar-refractivity contribution >= 4 is 11.7 Å². The molecule has 0 atom stereocenters. The maximum Gasteiger partial charge on any atom is 0.134 e. The van der Waals surface area contributed by atoms with Gasteiger partial charge in [0.25, 0.3) is 0 Å². The van der Waals surface area contributed by atoms with Crippen molar-refractivity contribution < 1.29 is 8.78 Å². The van der Waals surface area contributed by atoms with E-state index in [4.69, 9.17) is 16.9 Å². The highest BCUT2D eigenvalue weighted by Gasteiger charge is 2.07. The number of hydrogen-bond donors (Lipinski definition) is 3. The molecule has 1 aromatic heterocycles. The normalized spacial score (nSPS) is 10.4. The van der Waals surface area contributed by atoms with E-state index in [0.717, 1.165) is 6.07 Å². The first-order valence-electron chi connectivity index (χ1n) is 5.50. The summed E-state index contributed by atoms with van der Waals surface area (Å²) in [7, 11) is 0. The van der Waals surface area contributed by atoms with Crippen molar-refractivity contribution in [3.63, 3.8) is 0 Å². The predicted octanol–water partition coefficient (Wildman–Crippen LogP) is 1.82. The average Bonchev–Trinajstić information content (AvgIpc) is 2.26. The van der Waals surface area contributed by atoms with Crippen LogP contribution in [0.15, 0.2) is 30.3 Å². The van der Waals surface area contributed by atoms with Gasteiger partial charge in [-0.1, -0.05) is 0 Å². The largest absolute Gasteiger partial charge is 0.384 e. The summed E-state index contributed by atoms with van der Waals surface area (Å²) in [5, 5.41) is 7.28. The van der Waals surface area contributed by atoms with E-state index in [1.54, 1.807) is 12.1 Å². The zero-order valence-electron chi connectivity index (χ0n) is 9.95. The van der Waals surface area contributed by atoms with E-state index in [1.165, 1.54) is 12.1 Å². The van der Waals surface area contributed by atoms with E-state index < -0.39 is 11.6 Å². The average molecular weight is 262 g/mol. The number of aromatic nitrogens is 1. The first-order chi connectivity index (χ1) is 8.95. The third kappa shape index (κ3) is 3.04. The van der Waals surface area contributed by atoms with Crippen LogP contribution in [-0.4, -0.2) is 10.8 Å². The van der Waals surface area contributed by atoms with Crippen molar-refractivity contribution in [3.8, 4) is 0 Å². The van der Waals surface area contributed by atoms with Crippen LogP contribution in [0.5, 0.6) is 0 Å². The van der Waals surface area contributed by atoms with Crippen molar-refractivity contribution in [1.29, 1.82) is 5.41 Å². The van der Waals surface area contributed by atoms with Gasteiger partial charge in [0.2, 0.25) is 0 Å². The smallest absolute Gasteiger partial charge is 0.134 e. The van der Waals surface area contributed by atoms with Crippen molar-refractivity contribution in [3.05, 3.63) is 58.8 Å². The number of pyridine rings is 1. The fourth-order valence-electron chi connectivity index (χ4n) is 1.77. The first-order valence-corrected chi connectivity index (χ1v) is 5.50. The summed E-state index contributed by atoms with van der Waals surface area (Å²) < 4.78 is 26.1. The Morgan fingerprint density at radius 2 is 1.79 bits per heavy atom. The molecule has 0 bridgehead atoms. The second-order valence-corrected chi connectivity index (χ2v) is 4.10. The molecule has 2 aromatic rings. The first kappa shape index (κ1) is 12.9. The number of nitrogens with one attached hydrogen (secondary N) is 1. The molecule has 0 aliphatic carbocycles. The molecule has 19 heavy (non-hydrogen) atoms. The molecule has 98 valence electrons. The minimum atomic E-state index is -0.636. The van der Waals surface area contributed by atoms with E-state index in [0.29, 0.717) is 16.8 Å². The number of nitrogens with two attached hydrogens (primary N) is 2. The van der Waals surface area contributed by atoms with Gasteiger partial charge in [-0.25, -0.2) is 13.8 Å². The maximum atomic E-state index is 13.1. The standard InChI is InChI=1S/C13H12F2N4/c14-8-3-7(4-9(15)6-8)5-10-1-2-11(12(16)17)13(18)19-10/h1-4,6H,5H2,(H3,16,17)(H2,18,19). The van der Waals surface area contributed by atoms with Crippen LogP contribution in [0.1, 0.15) is 16.8 Å². The van der Waals surface area contributed by atoms with E-state index in [2.05, 4.69) is 4.98 Å². The Kier molecular flexibility index (Phi) is 3.41. The number of amidine groups is 1. The lowest BCUT2D eigenvalue weighted by atomic mass is 10.1. The van der Waals surface area contributed by atoms with Crippen LogP contribution in [0.2, 0.25) is 0 Å². The molecule has 0 aliphatic rings. The van der Waals surface area contributed by atoms with E-state index in [9.17, 15) is 8.78 Å². The van der Waals surface area contributed by atoms with Gasteiger partial charge in [-0.05, 0) is 29.8 Å². The van der Waals surface area contributed by atoms with Crippen LogP contribution in [0, 0.1) is 17.0 Å². The molecule has 2 rings (SSSR count). The van der Waals surface area contributed by atoms with Gasteiger partial charge >= 0.3 is 0 Å². The SMILES string of the molecule is N=C(N)c1ccc(Cc2cc(F)cc(F)c2)nc1N. The van der Waals surface area contributed by atoms with Crippen LogP contribution >= 0.6 is 0 Å². The number of nitrogen functional groups attached to an aromatic ring is 2. The van der Waals surface area contributed by atoms with E-state index >= 15 is 0 Å². The highest BCUT2D eigenvalue weighted by molar-refractivity contribution is 5.98. The van der Waals surface area contributed by atoms with Crippen molar-refractivity contribution in [2.24, 2.45) is 5.73 Å². The summed E-state index contributed by atoms with van der Waals surface area (Å²) in [6, 6.07) is 6.47. The van der Waals surface area contributed by atoms with Gasteiger partial charge in [0.05, 0.1) is 5.56 Å². The number of hydrogen-bond acceptors (Lipinski definition) is 3. The van der Waals surface area contributed by atoms with Crippen LogP contribution in [0.25, 0.3) is 0 Å². The number of benzene rings is 1. The quantitative estimate of drug-likeness (QED) is 0.582. The lowest BCUT2D eigenvalue weighted by molar-refractivity contribution is 0.580. The molecule has 0 saturated heterocycles. The molecule has 0 unspecified atom stereocenters. The summed E-state index contributed by atoms with van der Waals surface area (Å²) >= 11 is 0. The molecule has 1 heterocycles. The third-order valence-corrected chi connectivity index (χ3v) is 2.58. The highest BCUT2D eigenvalue weighted by atomic mass is 19.1. The van der Waals surface area contributed by atoms with E-state index in [1.807, 2.05) is 0 Å². The third-order valence-electron chi connectivity index (χ3n) is 2.58. The van der Waals surface area contributed by atoms with Gasteiger partial charge in [-0.2, -0.15) is 0 Å². The lowest BCUT2D eigenvalue weighted by Gasteiger charge is -2.06. The Morgan fingerprint density at radius 3 is 2.32 bits per heavy atom. The Morgan fingerprint density at radius 1 is 1.16 bits per heavy atom. The predicted molar refractivity (Wildman–Crippen MR) is 68.8 cm³/mol. The molecule has 6 heteroatoms. The van der Waals surface area contributed by atoms with Gasteiger partial charge in [0.1, 0.15) is 23.3 Å². The molecule has 0 fully saturated rings. The van der Waals surface area contributed by atoms with Crippen molar-refractivity contribution in [2.75, 3.05) is 5.73 Å². The summed E-state index contributed by atoms with van der Waals surface area (Å²) in [6.07, 6.45) is 0.247. The summed E-state index contributed by atoms with van der Waals surface area (Å²) in [5.41, 5.74) is 12.3. The molecule has 0 aliphatic heterocycles. The monoisotopic (exact) mass is 262 g/mol. The molecular weight excluding hydrogens is 250 g/mol. The lowest BCUT2D eigenvalue weighted by Crippen LogP contribution is -2.15. The number of halogens is 2. The zero-order chi connectivity index (χ0) is 14.0. The molecule has 1 aromatic carbocycles. The maximum absolute atomic E-state index is 13.1. The molecule has 4 nitrogen and oxygen atoms in total. The van der Waals surface area contributed by atoms with Crippen LogP contribution in [0.3, 0.4) is 0 Å². The molecular formula is C13H12F2N4. The van der Waals surface area contributed by atoms with Crippen molar-refractivity contribution in [1.82, 2.24) is 4.98 Å². The Hall–Kier alpha value is -2.50. The Labute approximate surface area is 108 Å². The number of nitrogens with zero attached hydrogens (tertiary/aromatic N) is 1. The summed E-state index contributed by atoms with van der Waals surface area (Å²) in [5.74, 6) is -1.32. The topological polar surface area (TPSA) is 88.8 Å². The molecule has 5 N–H and O–H groups in total. The Bertz CT molecular complexity index is 620. The second kappa shape index (κ2) is 5.01. The minimum Gasteiger partial charge on any atom is -0.384 e. The molecule has 0 saturated carbocycles. The van der Waals surface area contributed by atoms with Crippen LogP contribution in [0.4, 0.5) is 14.6 Å². The van der Waals surface area contributed by atoms with Gasteiger partial charge in [-0.15, -0.1) is 0 Å². The van der Waals surface area contributed by atoms with Crippen molar-refractivity contribution in [2.45, 2.75) is 6.42 Å². The fraction of sp³-hybridized carbons (Fsp3) is 0.0769. The van der Waals surface area contributed by atoms with Gasteiger partial charge in [0.15, 0.2) is 0 Å². The zero-order valence-corrected chi connectivity index (χ0v) is 9.95. The van der Waals surface area contributed by atoms with Crippen LogP contribution < -0.4 is 11.5 Å². The Balaban J connectivity index is 2.28. The second-order valence-electron chi connectivity index (χ2n) is 4.10. The fourth-order valence-corrected chi connectivity index (χ4v) is 1.77. The van der Waals surface area contributed by atoms with Crippen LogP contribution in [-0.2, 0) is 6.42 Å². The molecule has 0 spiro atoms. The number of rotatable bonds is 3. The van der Waals surface area contributed by atoms with Gasteiger partial charge in [-0.3, -0.25) is 5.41 Å². The van der Waals surface area contributed by atoms with E-state index in [-0.39, 0.29) is 18.1 Å². The highest BCUT2D eigenvalue weighted by Crippen LogP contribution is 2.15. The minimum absolute atomic E-state index is 0.127. The van der Waals surface area contributed by atoms with Gasteiger partial charge < -0.3 is 11.5 Å². The molecule has 0 radical (unpaired) electrons.